The van der Waals surface area contributed by atoms with Gasteiger partial charge in [0.15, 0.2) is 11.1 Å². The summed E-state index contributed by atoms with van der Waals surface area (Å²) in [5.41, 5.74) is 0. The first-order valence-electron chi connectivity index (χ1n) is 9.48. The Morgan fingerprint density at radius 2 is 2.00 bits per heavy atom. The van der Waals surface area contributed by atoms with Crippen molar-refractivity contribution in [3.8, 4) is 0 Å². The van der Waals surface area contributed by atoms with E-state index in [0.29, 0.717) is 5.92 Å². The number of unbranched alkanes of at least 4 members (excludes halogenated alkanes) is 1. The van der Waals surface area contributed by atoms with Gasteiger partial charge < -0.3 is 14.8 Å². The zero-order valence-electron chi connectivity index (χ0n) is 17.3. The fourth-order valence-electron chi connectivity index (χ4n) is 2.60. The van der Waals surface area contributed by atoms with Gasteiger partial charge in [0.25, 0.3) is 0 Å². The SMILES string of the molecule is CCCCN(C)C(=NCCCc1nnc(SC)n1CC(C)C)NCC.I. The third kappa shape index (κ3) is 8.92. The summed E-state index contributed by atoms with van der Waals surface area (Å²) in [6.07, 6.45) is 6.36. The molecule has 1 N–H and O–H groups in total. The second-order valence-electron chi connectivity index (χ2n) is 6.72. The van der Waals surface area contributed by atoms with Crippen LogP contribution in [-0.4, -0.2) is 58.6 Å². The first kappa shape index (κ1) is 25.5. The summed E-state index contributed by atoms with van der Waals surface area (Å²) in [4.78, 5) is 6.99. The maximum Gasteiger partial charge on any atom is 0.193 e. The van der Waals surface area contributed by atoms with Crippen LogP contribution in [-0.2, 0) is 13.0 Å². The van der Waals surface area contributed by atoms with Crippen molar-refractivity contribution in [1.82, 2.24) is 25.0 Å². The summed E-state index contributed by atoms with van der Waals surface area (Å²) in [5, 5.41) is 13.1. The Hall–Kier alpha value is -0.510. The van der Waals surface area contributed by atoms with E-state index in [1.165, 1.54) is 12.8 Å². The van der Waals surface area contributed by atoms with Gasteiger partial charge in [0.05, 0.1) is 0 Å². The van der Waals surface area contributed by atoms with Gasteiger partial charge in [-0.1, -0.05) is 39.0 Å². The number of thioether (sulfide) groups is 1. The molecule has 0 unspecified atom stereocenters. The maximum absolute atomic E-state index is 4.77. The predicted octanol–water partition coefficient (Wildman–Crippen LogP) is 3.90. The van der Waals surface area contributed by atoms with E-state index in [-0.39, 0.29) is 24.0 Å². The normalized spacial score (nSPS) is 11.6. The summed E-state index contributed by atoms with van der Waals surface area (Å²) < 4.78 is 2.26. The number of halogens is 1. The van der Waals surface area contributed by atoms with E-state index in [2.05, 4.69) is 66.0 Å². The number of aromatic nitrogens is 3. The van der Waals surface area contributed by atoms with Gasteiger partial charge >= 0.3 is 0 Å². The molecule has 0 bridgehead atoms. The van der Waals surface area contributed by atoms with E-state index in [9.17, 15) is 0 Å². The zero-order chi connectivity index (χ0) is 18.7. The fraction of sp³-hybridized carbons (Fsp3) is 0.833. The lowest BCUT2D eigenvalue weighted by atomic mass is 10.2. The fourth-order valence-corrected chi connectivity index (χ4v) is 3.12. The summed E-state index contributed by atoms with van der Waals surface area (Å²) in [7, 11) is 2.11. The van der Waals surface area contributed by atoms with E-state index in [1.807, 2.05) is 0 Å². The summed E-state index contributed by atoms with van der Waals surface area (Å²) in [5.74, 6) is 2.67. The van der Waals surface area contributed by atoms with Crippen LogP contribution >= 0.6 is 35.7 Å². The lowest BCUT2D eigenvalue weighted by Crippen LogP contribution is -2.39. The number of hydrogen-bond acceptors (Lipinski definition) is 4. The summed E-state index contributed by atoms with van der Waals surface area (Å²) >= 11 is 1.67. The molecule has 0 aliphatic carbocycles. The minimum Gasteiger partial charge on any atom is -0.357 e. The quantitative estimate of drug-likeness (QED) is 0.166. The highest BCUT2D eigenvalue weighted by atomic mass is 127. The van der Waals surface area contributed by atoms with E-state index >= 15 is 0 Å². The molecule has 0 aromatic carbocycles. The highest BCUT2D eigenvalue weighted by molar-refractivity contribution is 14.0. The highest BCUT2D eigenvalue weighted by Crippen LogP contribution is 2.16. The Bertz CT molecular complexity index is 518. The van der Waals surface area contributed by atoms with E-state index in [0.717, 1.165) is 56.0 Å². The molecule has 0 spiro atoms. The molecule has 1 heterocycles. The lowest BCUT2D eigenvalue weighted by Gasteiger charge is -2.21. The van der Waals surface area contributed by atoms with Crippen molar-refractivity contribution in [1.29, 1.82) is 0 Å². The number of hydrogen-bond donors (Lipinski definition) is 1. The Morgan fingerprint density at radius 3 is 2.58 bits per heavy atom. The van der Waals surface area contributed by atoms with Crippen LogP contribution < -0.4 is 5.32 Å². The minimum atomic E-state index is 0. The van der Waals surface area contributed by atoms with Crippen LogP contribution in [0.2, 0.25) is 0 Å². The predicted molar refractivity (Wildman–Crippen MR) is 124 cm³/mol. The minimum absolute atomic E-state index is 0. The second-order valence-corrected chi connectivity index (χ2v) is 7.50. The van der Waals surface area contributed by atoms with E-state index in [1.54, 1.807) is 11.8 Å². The van der Waals surface area contributed by atoms with Crippen LogP contribution in [0, 0.1) is 5.92 Å². The molecule has 1 aromatic rings. The van der Waals surface area contributed by atoms with Gasteiger partial charge in [0.1, 0.15) is 5.82 Å². The first-order chi connectivity index (χ1) is 12.0. The van der Waals surface area contributed by atoms with Crippen LogP contribution in [0.5, 0.6) is 0 Å². The Labute approximate surface area is 181 Å². The smallest absolute Gasteiger partial charge is 0.193 e. The van der Waals surface area contributed by atoms with E-state index < -0.39 is 0 Å². The molecule has 1 aromatic heterocycles. The lowest BCUT2D eigenvalue weighted by molar-refractivity contribution is 0.463. The molecule has 0 atom stereocenters. The third-order valence-corrected chi connectivity index (χ3v) is 4.55. The van der Waals surface area contributed by atoms with Gasteiger partial charge in [-0.2, -0.15) is 0 Å². The van der Waals surface area contributed by atoms with Crippen LogP contribution in [0.25, 0.3) is 0 Å². The van der Waals surface area contributed by atoms with Crippen molar-refractivity contribution >= 4 is 41.7 Å². The van der Waals surface area contributed by atoms with Crippen LogP contribution in [0.3, 0.4) is 0 Å². The number of guanidine groups is 1. The van der Waals surface area contributed by atoms with Crippen molar-refractivity contribution in [2.24, 2.45) is 10.9 Å². The average Bonchev–Trinajstić information content (AvgIpc) is 2.96. The van der Waals surface area contributed by atoms with Crippen LogP contribution in [0.4, 0.5) is 0 Å². The first-order valence-corrected chi connectivity index (χ1v) is 10.7. The number of nitrogens with one attached hydrogen (secondary N) is 1. The van der Waals surface area contributed by atoms with Gasteiger partial charge in [0.2, 0.25) is 0 Å². The number of rotatable bonds is 11. The topological polar surface area (TPSA) is 58.3 Å². The molecule has 0 amide bonds. The molecule has 0 aliphatic rings. The Balaban J connectivity index is 0.00000625. The average molecular weight is 497 g/mol. The van der Waals surface area contributed by atoms with Crippen molar-refractivity contribution < 1.29 is 0 Å². The van der Waals surface area contributed by atoms with Gasteiger partial charge in [-0.05, 0) is 31.9 Å². The van der Waals surface area contributed by atoms with Crippen molar-refractivity contribution in [3.05, 3.63) is 5.82 Å². The molecule has 0 fully saturated rings. The molecule has 0 saturated heterocycles. The third-order valence-electron chi connectivity index (χ3n) is 3.89. The largest absolute Gasteiger partial charge is 0.357 e. The molecular weight excluding hydrogens is 459 g/mol. The Kier molecular flexibility index (Phi) is 14.3. The second kappa shape index (κ2) is 14.5. The molecule has 6 nitrogen and oxygen atoms in total. The molecule has 0 aliphatic heterocycles. The molecule has 0 radical (unpaired) electrons. The van der Waals surface area contributed by atoms with Gasteiger partial charge in [0, 0.05) is 39.6 Å². The van der Waals surface area contributed by atoms with Gasteiger partial charge in [-0.15, -0.1) is 34.2 Å². The summed E-state index contributed by atoms with van der Waals surface area (Å²) in [6, 6.07) is 0. The van der Waals surface area contributed by atoms with Crippen LogP contribution in [0.1, 0.15) is 52.8 Å². The maximum atomic E-state index is 4.77. The number of aryl methyl sites for hydroxylation is 1. The van der Waals surface area contributed by atoms with E-state index in [4.69, 9.17) is 4.99 Å². The number of nitrogens with zero attached hydrogens (tertiary/aromatic N) is 5. The van der Waals surface area contributed by atoms with Crippen molar-refractivity contribution in [2.45, 2.75) is 65.1 Å². The Morgan fingerprint density at radius 1 is 1.27 bits per heavy atom. The molecule has 26 heavy (non-hydrogen) atoms. The van der Waals surface area contributed by atoms with Crippen molar-refractivity contribution in [3.63, 3.8) is 0 Å². The standard InChI is InChI=1S/C18H36N6S.HI/c1-7-9-13-23(5)17(19-8-2)20-12-10-11-16-21-22-18(25-6)24(16)14-15(3)4;/h15H,7-14H2,1-6H3,(H,19,20);1H. The monoisotopic (exact) mass is 496 g/mol. The number of aliphatic imine (C=N–C) groups is 1. The molecule has 1 rings (SSSR count). The zero-order valence-corrected chi connectivity index (χ0v) is 20.4. The highest BCUT2D eigenvalue weighted by Gasteiger charge is 2.12. The molecule has 8 heteroatoms. The molecular formula is C18H37IN6S. The van der Waals surface area contributed by atoms with Crippen LogP contribution in [0.15, 0.2) is 10.1 Å². The molecule has 0 saturated carbocycles. The van der Waals surface area contributed by atoms with Crippen molar-refractivity contribution in [2.75, 3.05) is 32.9 Å². The molecule has 152 valence electrons. The van der Waals surface area contributed by atoms with Gasteiger partial charge in [-0.3, -0.25) is 4.99 Å². The van der Waals surface area contributed by atoms with Gasteiger partial charge in [-0.25, -0.2) is 0 Å². The summed E-state index contributed by atoms with van der Waals surface area (Å²) in [6.45, 7) is 12.5.